The maximum absolute atomic E-state index is 10.9. The van der Waals surface area contributed by atoms with E-state index < -0.39 is 5.97 Å². The van der Waals surface area contributed by atoms with Crippen LogP contribution in [-0.4, -0.2) is 31.7 Å². The lowest BCUT2D eigenvalue weighted by Gasteiger charge is -2.14. The minimum atomic E-state index is -1.05. The molecule has 18 heavy (non-hydrogen) atoms. The molecular formula is C12H16N4O2. The van der Waals surface area contributed by atoms with Gasteiger partial charge in [0.05, 0.1) is 0 Å². The molecule has 0 saturated heterocycles. The Morgan fingerprint density at radius 3 is 2.89 bits per heavy atom. The average molecular weight is 248 g/mol. The van der Waals surface area contributed by atoms with Gasteiger partial charge in [-0.3, -0.25) is 0 Å². The Kier molecular flexibility index (Phi) is 3.18. The number of carboxylic acids is 1. The summed E-state index contributed by atoms with van der Waals surface area (Å²) in [5, 5.41) is 16.3. The highest BCUT2D eigenvalue weighted by atomic mass is 16.4. The largest absolute Gasteiger partial charge is 0.476 e. The zero-order chi connectivity index (χ0) is 13.3. The van der Waals surface area contributed by atoms with Crippen LogP contribution in [0.4, 0.5) is 5.82 Å². The molecule has 1 atom stereocenters. The minimum absolute atomic E-state index is 0.000279. The Morgan fingerprint density at radius 2 is 2.28 bits per heavy atom. The van der Waals surface area contributed by atoms with Crippen molar-refractivity contribution in [3.05, 3.63) is 23.5 Å². The molecule has 96 valence electrons. The molecule has 2 N–H and O–H groups in total. The number of aryl methyl sites for hydroxylation is 1. The molecule has 6 nitrogen and oxygen atoms in total. The molecule has 0 bridgehead atoms. The van der Waals surface area contributed by atoms with Gasteiger partial charge in [0, 0.05) is 23.9 Å². The van der Waals surface area contributed by atoms with Crippen molar-refractivity contribution in [1.82, 2.24) is 14.6 Å². The number of anilines is 1. The second-order valence-corrected chi connectivity index (χ2v) is 4.34. The van der Waals surface area contributed by atoms with E-state index in [0.717, 1.165) is 17.9 Å². The molecule has 0 amide bonds. The van der Waals surface area contributed by atoms with Gasteiger partial charge in [-0.2, -0.15) is 9.61 Å². The van der Waals surface area contributed by atoms with Crippen molar-refractivity contribution in [2.75, 3.05) is 5.32 Å². The van der Waals surface area contributed by atoms with Crippen molar-refractivity contribution < 1.29 is 9.90 Å². The number of carbonyl (C=O) groups is 1. The highest BCUT2D eigenvalue weighted by Gasteiger charge is 2.13. The maximum Gasteiger partial charge on any atom is 0.356 e. The fourth-order valence-electron chi connectivity index (χ4n) is 1.66. The van der Waals surface area contributed by atoms with Crippen molar-refractivity contribution in [3.8, 4) is 0 Å². The molecule has 0 aliphatic heterocycles. The lowest BCUT2D eigenvalue weighted by atomic mass is 10.2. The molecule has 0 radical (unpaired) electrons. The van der Waals surface area contributed by atoms with Crippen molar-refractivity contribution in [2.24, 2.45) is 0 Å². The van der Waals surface area contributed by atoms with Crippen LogP contribution in [-0.2, 0) is 0 Å². The SMILES string of the molecule is CCC(C)Nc1cc(C)nc2cc(C(=O)O)nn12. The molecular weight excluding hydrogens is 232 g/mol. The standard InChI is InChI=1S/C12H16N4O2/c1-4-7(2)13-10-5-8(3)14-11-6-9(12(17)18)15-16(10)11/h5-7,13H,4H2,1-3H3,(H,17,18). The van der Waals surface area contributed by atoms with E-state index in [1.807, 2.05) is 13.0 Å². The van der Waals surface area contributed by atoms with Gasteiger partial charge in [0.25, 0.3) is 0 Å². The summed E-state index contributed by atoms with van der Waals surface area (Å²) in [6, 6.07) is 3.61. The zero-order valence-electron chi connectivity index (χ0n) is 10.6. The highest BCUT2D eigenvalue weighted by molar-refractivity contribution is 5.86. The van der Waals surface area contributed by atoms with Crippen LogP contribution >= 0.6 is 0 Å². The number of nitrogens with zero attached hydrogens (tertiary/aromatic N) is 3. The molecule has 0 aliphatic carbocycles. The van der Waals surface area contributed by atoms with Gasteiger partial charge in [-0.1, -0.05) is 6.92 Å². The molecule has 2 aromatic rings. The smallest absolute Gasteiger partial charge is 0.356 e. The number of aromatic carboxylic acids is 1. The zero-order valence-corrected chi connectivity index (χ0v) is 10.6. The maximum atomic E-state index is 10.9. The van der Waals surface area contributed by atoms with Gasteiger partial charge in [-0.25, -0.2) is 9.78 Å². The Balaban J connectivity index is 2.53. The summed E-state index contributed by atoms with van der Waals surface area (Å²) in [4.78, 5) is 15.2. The monoisotopic (exact) mass is 248 g/mol. The third-order valence-corrected chi connectivity index (χ3v) is 2.78. The third kappa shape index (κ3) is 2.27. The molecule has 2 heterocycles. The van der Waals surface area contributed by atoms with Gasteiger partial charge < -0.3 is 10.4 Å². The van der Waals surface area contributed by atoms with Crippen LogP contribution in [0.1, 0.15) is 36.5 Å². The number of hydrogen-bond donors (Lipinski definition) is 2. The Labute approximate surface area is 105 Å². The molecule has 0 fully saturated rings. The van der Waals surface area contributed by atoms with Crippen LogP contribution < -0.4 is 5.32 Å². The van der Waals surface area contributed by atoms with Crippen molar-refractivity contribution >= 4 is 17.4 Å². The van der Waals surface area contributed by atoms with Gasteiger partial charge in [-0.15, -0.1) is 0 Å². The van der Waals surface area contributed by atoms with Gasteiger partial charge in [0.2, 0.25) is 0 Å². The first-order valence-electron chi connectivity index (χ1n) is 5.88. The number of nitrogens with one attached hydrogen (secondary N) is 1. The van der Waals surface area contributed by atoms with E-state index in [9.17, 15) is 4.79 Å². The summed E-state index contributed by atoms with van der Waals surface area (Å²) < 4.78 is 1.53. The van der Waals surface area contributed by atoms with E-state index in [4.69, 9.17) is 5.11 Å². The topological polar surface area (TPSA) is 79.5 Å². The number of carboxylic acid groups (broad SMARTS) is 1. The number of aromatic nitrogens is 3. The van der Waals surface area contributed by atoms with Crippen LogP contribution in [0.5, 0.6) is 0 Å². The van der Waals surface area contributed by atoms with Gasteiger partial charge in [0.15, 0.2) is 11.3 Å². The lowest BCUT2D eigenvalue weighted by molar-refractivity contribution is 0.0690. The van der Waals surface area contributed by atoms with Gasteiger partial charge in [0.1, 0.15) is 5.82 Å². The normalized spacial score (nSPS) is 12.6. The van der Waals surface area contributed by atoms with E-state index in [2.05, 4.69) is 29.2 Å². The second-order valence-electron chi connectivity index (χ2n) is 4.34. The van der Waals surface area contributed by atoms with Gasteiger partial charge in [-0.05, 0) is 20.3 Å². The molecule has 0 aromatic carbocycles. The fraction of sp³-hybridized carbons (Fsp3) is 0.417. The van der Waals surface area contributed by atoms with Crippen molar-refractivity contribution in [2.45, 2.75) is 33.2 Å². The summed E-state index contributed by atoms with van der Waals surface area (Å²) in [5.41, 5.74) is 1.36. The first-order valence-corrected chi connectivity index (χ1v) is 5.88. The molecule has 0 spiro atoms. The summed E-state index contributed by atoms with van der Waals surface area (Å²) in [6.45, 7) is 6.01. The molecule has 1 unspecified atom stereocenters. The second kappa shape index (κ2) is 4.64. The van der Waals surface area contributed by atoms with Crippen LogP contribution in [0.3, 0.4) is 0 Å². The molecule has 0 aliphatic rings. The first kappa shape index (κ1) is 12.3. The van der Waals surface area contributed by atoms with Crippen LogP contribution in [0.25, 0.3) is 5.65 Å². The molecule has 2 rings (SSSR count). The third-order valence-electron chi connectivity index (χ3n) is 2.78. The quantitative estimate of drug-likeness (QED) is 0.864. The first-order chi connectivity index (χ1) is 8.51. The summed E-state index contributed by atoms with van der Waals surface area (Å²) >= 11 is 0. The number of hydrogen-bond acceptors (Lipinski definition) is 4. The van der Waals surface area contributed by atoms with Crippen LogP contribution in [0, 0.1) is 6.92 Å². The minimum Gasteiger partial charge on any atom is -0.476 e. The van der Waals surface area contributed by atoms with E-state index in [1.165, 1.54) is 10.6 Å². The van der Waals surface area contributed by atoms with E-state index in [-0.39, 0.29) is 11.7 Å². The van der Waals surface area contributed by atoms with Crippen molar-refractivity contribution in [1.29, 1.82) is 0 Å². The molecule has 6 heteroatoms. The summed E-state index contributed by atoms with van der Waals surface area (Å²) in [6.07, 6.45) is 0.968. The van der Waals surface area contributed by atoms with Crippen LogP contribution in [0.2, 0.25) is 0 Å². The lowest BCUT2D eigenvalue weighted by Crippen LogP contribution is -2.16. The predicted molar refractivity (Wildman–Crippen MR) is 68.1 cm³/mol. The van der Waals surface area contributed by atoms with Gasteiger partial charge >= 0.3 is 5.97 Å². The van der Waals surface area contributed by atoms with E-state index >= 15 is 0 Å². The predicted octanol–water partition coefficient (Wildman–Crippen LogP) is 1.95. The summed E-state index contributed by atoms with van der Waals surface area (Å²) in [5.74, 6) is -0.285. The average Bonchev–Trinajstić information content (AvgIpc) is 2.72. The number of fused-ring (bicyclic) bond motifs is 1. The van der Waals surface area contributed by atoms with E-state index in [0.29, 0.717) is 5.65 Å². The Hall–Kier alpha value is -2.11. The molecule has 0 saturated carbocycles. The number of rotatable bonds is 4. The van der Waals surface area contributed by atoms with Crippen LogP contribution in [0.15, 0.2) is 12.1 Å². The summed E-state index contributed by atoms with van der Waals surface area (Å²) in [7, 11) is 0. The Bertz CT molecular complexity index is 591. The fourth-order valence-corrected chi connectivity index (χ4v) is 1.66. The van der Waals surface area contributed by atoms with E-state index in [1.54, 1.807) is 0 Å². The Morgan fingerprint density at radius 1 is 1.56 bits per heavy atom. The molecule has 2 aromatic heterocycles. The van der Waals surface area contributed by atoms with Crippen molar-refractivity contribution in [3.63, 3.8) is 0 Å². The highest BCUT2D eigenvalue weighted by Crippen LogP contribution is 2.15.